The van der Waals surface area contributed by atoms with Crippen molar-refractivity contribution in [2.45, 2.75) is 29.8 Å². The predicted molar refractivity (Wildman–Crippen MR) is 157 cm³/mol. The van der Waals surface area contributed by atoms with Gasteiger partial charge < -0.3 is 4.90 Å². The number of likely N-dealkylation sites (tertiary alicyclic amines) is 1. The Hall–Kier alpha value is -3.96. The fraction of sp³-hybridized carbons (Fsp3) is 0.233. The van der Waals surface area contributed by atoms with E-state index in [1.807, 2.05) is 17.0 Å². The summed E-state index contributed by atoms with van der Waals surface area (Å²) in [4.78, 5) is 15.0. The normalized spacial score (nSPS) is 14.5. The number of para-hydroxylation sites is 1. The Kier molecular flexibility index (Phi) is 7.39. The van der Waals surface area contributed by atoms with Crippen LogP contribution in [-0.4, -0.2) is 56.8 Å². The Morgan fingerprint density at radius 1 is 0.951 bits per heavy atom. The number of nitrogens with zero attached hydrogens (tertiary/aromatic N) is 5. The standard InChI is InChI=1S/C30H28FN5O3S2/c1-21-15-17-34(18-16-21)28(37)20-40-30-33-32-29(36(30)23-13-11-22(31)12-14-23)26-19-35(27-10-6-5-9-25(26)27)41(38,39)24-7-3-2-4-8-24/h2-14,19,21H,15-18,20H2,1H3. The summed E-state index contributed by atoms with van der Waals surface area (Å²) in [6.07, 6.45) is 3.52. The number of amides is 1. The second-order valence-corrected chi connectivity index (χ2v) is 12.9. The first-order chi connectivity index (χ1) is 19.8. The van der Waals surface area contributed by atoms with Crippen LogP contribution in [0.3, 0.4) is 0 Å². The maximum Gasteiger partial charge on any atom is 0.268 e. The first kappa shape index (κ1) is 27.2. The smallest absolute Gasteiger partial charge is 0.268 e. The van der Waals surface area contributed by atoms with E-state index in [1.165, 1.54) is 27.9 Å². The third-order valence-electron chi connectivity index (χ3n) is 7.40. The monoisotopic (exact) mass is 589 g/mol. The molecule has 8 nitrogen and oxygen atoms in total. The van der Waals surface area contributed by atoms with Crippen molar-refractivity contribution in [3.8, 4) is 17.1 Å². The number of halogens is 1. The van der Waals surface area contributed by atoms with Crippen LogP contribution < -0.4 is 0 Å². The number of hydrogen-bond donors (Lipinski definition) is 0. The Balaban J connectivity index is 1.43. The van der Waals surface area contributed by atoms with Gasteiger partial charge in [-0.2, -0.15) is 0 Å². The van der Waals surface area contributed by atoms with Crippen LogP contribution in [0.25, 0.3) is 28.0 Å². The molecule has 1 amide bonds. The quantitative estimate of drug-likeness (QED) is 0.229. The number of piperidine rings is 1. The van der Waals surface area contributed by atoms with Gasteiger partial charge in [0.15, 0.2) is 11.0 Å². The van der Waals surface area contributed by atoms with Crippen molar-refractivity contribution in [3.63, 3.8) is 0 Å². The van der Waals surface area contributed by atoms with Crippen molar-refractivity contribution in [3.05, 3.63) is 90.9 Å². The number of benzene rings is 3. The largest absolute Gasteiger partial charge is 0.342 e. The van der Waals surface area contributed by atoms with Crippen molar-refractivity contribution >= 4 is 38.6 Å². The van der Waals surface area contributed by atoms with Crippen LogP contribution in [0.15, 0.2) is 95.1 Å². The van der Waals surface area contributed by atoms with Crippen LogP contribution in [0.5, 0.6) is 0 Å². The second-order valence-electron chi connectivity index (χ2n) is 10.1. The fourth-order valence-corrected chi connectivity index (χ4v) is 7.31. The molecule has 1 aliphatic rings. The van der Waals surface area contributed by atoms with Crippen LogP contribution >= 0.6 is 11.8 Å². The van der Waals surface area contributed by atoms with Gasteiger partial charge in [0.2, 0.25) is 5.91 Å². The number of fused-ring (bicyclic) bond motifs is 1. The van der Waals surface area contributed by atoms with E-state index in [1.54, 1.807) is 65.4 Å². The zero-order valence-electron chi connectivity index (χ0n) is 22.4. The van der Waals surface area contributed by atoms with Gasteiger partial charge in [-0.05, 0) is 61.2 Å². The molecule has 1 aliphatic heterocycles. The number of carbonyl (C=O) groups is 1. The molecular formula is C30H28FN5O3S2. The average molecular weight is 590 g/mol. The van der Waals surface area contributed by atoms with Gasteiger partial charge in [-0.15, -0.1) is 10.2 Å². The molecule has 210 valence electrons. The highest BCUT2D eigenvalue weighted by molar-refractivity contribution is 7.99. The molecule has 11 heteroatoms. The first-order valence-electron chi connectivity index (χ1n) is 13.4. The van der Waals surface area contributed by atoms with Crippen LogP contribution in [0.2, 0.25) is 0 Å². The van der Waals surface area contributed by atoms with Gasteiger partial charge in [-0.3, -0.25) is 9.36 Å². The maximum atomic E-state index is 13.9. The van der Waals surface area contributed by atoms with Crippen LogP contribution in [0.1, 0.15) is 19.8 Å². The summed E-state index contributed by atoms with van der Waals surface area (Å²) in [5, 5.41) is 10.00. The SMILES string of the molecule is CC1CCN(C(=O)CSc2nnc(-c3cn(S(=O)(=O)c4ccccc4)c4ccccc34)n2-c2ccc(F)cc2)CC1. The minimum absolute atomic E-state index is 0.0302. The molecule has 0 unspecified atom stereocenters. The minimum atomic E-state index is -3.91. The van der Waals surface area contributed by atoms with E-state index in [2.05, 4.69) is 17.1 Å². The lowest BCUT2D eigenvalue weighted by Gasteiger charge is -2.30. The summed E-state index contributed by atoms with van der Waals surface area (Å²) in [7, 11) is -3.91. The molecule has 3 aromatic carbocycles. The Bertz CT molecular complexity index is 1810. The van der Waals surface area contributed by atoms with Gasteiger partial charge in [-0.25, -0.2) is 16.8 Å². The van der Waals surface area contributed by atoms with E-state index in [9.17, 15) is 17.6 Å². The summed E-state index contributed by atoms with van der Waals surface area (Å²) >= 11 is 1.26. The number of hydrogen-bond acceptors (Lipinski definition) is 6. The van der Waals surface area contributed by atoms with Crippen molar-refractivity contribution < 1.29 is 17.6 Å². The van der Waals surface area contributed by atoms with Gasteiger partial charge in [0.25, 0.3) is 10.0 Å². The molecule has 1 fully saturated rings. The molecule has 0 atom stereocenters. The van der Waals surface area contributed by atoms with Gasteiger partial charge in [0.05, 0.1) is 16.2 Å². The van der Waals surface area contributed by atoms with Crippen molar-refractivity contribution in [1.29, 1.82) is 0 Å². The zero-order chi connectivity index (χ0) is 28.6. The van der Waals surface area contributed by atoms with Crippen LogP contribution in [0, 0.1) is 11.7 Å². The van der Waals surface area contributed by atoms with Gasteiger partial charge >= 0.3 is 0 Å². The van der Waals surface area contributed by atoms with Gasteiger partial charge in [0, 0.05) is 35.9 Å². The number of carbonyl (C=O) groups excluding carboxylic acids is 1. The van der Waals surface area contributed by atoms with Crippen LogP contribution in [-0.2, 0) is 14.8 Å². The molecule has 5 aromatic rings. The molecule has 0 spiro atoms. The third kappa shape index (κ3) is 5.27. The molecule has 0 radical (unpaired) electrons. The first-order valence-corrected chi connectivity index (χ1v) is 15.8. The molecule has 0 bridgehead atoms. The van der Waals surface area contributed by atoms with E-state index < -0.39 is 15.8 Å². The van der Waals surface area contributed by atoms with Crippen molar-refractivity contribution in [2.75, 3.05) is 18.8 Å². The van der Waals surface area contributed by atoms with Crippen molar-refractivity contribution in [1.82, 2.24) is 23.6 Å². The zero-order valence-corrected chi connectivity index (χ0v) is 24.0. The Morgan fingerprint density at radius 2 is 1.63 bits per heavy atom. The summed E-state index contributed by atoms with van der Waals surface area (Å²) in [5.74, 6) is 0.818. The highest BCUT2D eigenvalue weighted by atomic mass is 32.2. The molecule has 0 N–H and O–H groups in total. The van der Waals surface area contributed by atoms with E-state index in [4.69, 9.17) is 0 Å². The van der Waals surface area contributed by atoms with E-state index in [-0.39, 0.29) is 16.6 Å². The molecule has 6 rings (SSSR count). The number of rotatable bonds is 7. The maximum absolute atomic E-state index is 13.9. The summed E-state index contributed by atoms with van der Waals surface area (Å²) < 4.78 is 44.2. The van der Waals surface area contributed by atoms with Gasteiger partial charge in [0.1, 0.15) is 5.82 Å². The summed E-state index contributed by atoms with van der Waals surface area (Å²) in [6.45, 7) is 3.68. The number of thioether (sulfide) groups is 1. The molecule has 2 aromatic heterocycles. The third-order valence-corrected chi connectivity index (χ3v) is 10.00. The predicted octanol–water partition coefficient (Wildman–Crippen LogP) is 5.62. The molecule has 1 saturated heterocycles. The number of aromatic nitrogens is 4. The Morgan fingerprint density at radius 3 is 2.37 bits per heavy atom. The molecule has 3 heterocycles. The Labute approximate surface area is 241 Å². The van der Waals surface area contributed by atoms with Crippen LogP contribution in [0.4, 0.5) is 4.39 Å². The average Bonchev–Trinajstić information content (AvgIpc) is 3.59. The molecule has 0 saturated carbocycles. The molecular weight excluding hydrogens is 561 g/mol. The summed E-state index contributed by atoms with van der Waals surface area (Å²) in [5.41, 5.74) is 1.62. The lowest BCUT2D eigenvalue weighted by Crippen LogP contribution is -2.38. The van der Waals surface area contributed by atoms with Crippen molar-refractivity contribution in [2.24, 2.45) is 5.92 Å². The fourth-order valence-electron chi connectivity index (χ4n) is 5.07. The summed E-state index contributed by atoms with van der Waals surface area (Å²) in [6, 6.07) is 21.3. The topological polar surface area (TPSA) is 90.1 Å². The second kappa shape index (κ2) is 11.1. The van der Waals surface area contributed by atoms with E-state index >= 15 is 0 Å². The highest BCUT2D eigenvalue weighted by Gasteiger charge is 2.26. The minimum Gasteiger partial charge on any atom is -0.342 e. The lowest BCUT2D eigenvalue weighted by atomic mass is 9.99. The van der Waals surface area contributed by atoms with Gasteiger partial charge in [-0.1, -0.05) is 55.1 Å². The van der Waals surface area contributed by atoms with E-state index in [0.29, 0.717) is 39.1 Å². The lowest BCUT2D eigenvalue weighted by molar-refractivity contribution is -0.129. The molecule has 0 aliphatic carbocycles. The highest BCUT2D eigenvalue weighted by Crippen LogP contribution is 2.35. The molecule has 41 heavy (non-hydrogen) atoms. The van der Waals surface area contributed by atoms with E-state index in [0.717, 1.165) is 25.9 Å².